The molecule has 1 rings (SSSR count). The molecule has 2 nitrogen and oxygen atoms in total. The number of benzene rings is 1. The molecule has 2 heteroatoms. The van der Waals surface area contributed by atoms with Gasteiger partial charge in [-0.2, -0.15) is 0 Å². The van der Waals surface area contributed by atoms with Gasteiger partial charge in [0.05, 0.1) is 0 Å². The van der Waals surface area contributed by atoms with Gasteiger partial charge in [-0.3, -0.25) is 0 Å². The minimum atomic E-state index is -0.925. The number of carboxylic acid groups (broad SMARTS) is 1. The standard InChI is InChI=1S/C14H18O2/c1-10(2)8-12-4-6-13(7-5-12)9-11(3)14(15)16/h4-7,10H,3,8-9H2,1-2H3,(H,15,16). The average molecular weight is 218 g/mol. The molecule has 0 saturated heterocycles. The van der Waals surface area contributed by atoms with E-state index in [9.17, 15) is 4.79 Å². The van der Waals surface area contributed by atoms with Gasteiger partial charge in [0, 0.05) is 12.0 Å². The van der Waals surface area contributed by atoms with Crippen molar-refractivity contribution < 1.29 is 9.90 Å². The normalized spacial score (nSPS) is 10.4. The third kappa shape index (κ3) is 3.89. The third-order valence-corrected chi connectivity index (χ3v) is 2.39. The summed E-state index contributed by atoms with van der Waals surface area (Å²) in [6, 6.07) is 8.08. The number of hydrogen-bond donors (Lipinski definition) is 1. The Labute approximate surface area is 96.6 Å². The van der Waals surface area contributed by atoms with Gasteiger partial charge < -0.3 is 5.11 Å². The SMILES string of the molecule is C=C(Cc1ccc(CC(C)C)cc1)C(=O)O. The van der Waals surface area contributed by atoms with Crippen LogP contribution < -0.4 is 0 Å². The number of rotatable bonds is 5. The summed E-state index contributed by atoms with van der Waals surface area (Å²) in [7, 11) is 0. The Morgan fingerprint density at radius 2 is 1.75 bits per heavy atom. The van der Waals surface area contributed by atoms with Crippen LogP contribution in [-0.4, -0.2) is 11.1 Å². The highest BCUT2D eigenvalue weighted by Crippen LogP contribution is 2.12. The molecule has 0 saturated carbocycles. The molecular formula is C14H18O2. The van der Waals surface area contributed by atoms with E-state index in [2.05, 4.69) is 32.6 Å². The Bertz CT molecular complexity index is 374. The summed E-state index contributed by atoms with van der Waals surface area (Å²) in [5, 5.41) is 8.72. The topological polar surface area (TPSA) is 37.3 Å². The minimum Gasteiger partial charge on any atom is -0.478 e. The summed E-state index contributed by atoms with van der Waals surface area (Å²) in [6.45, 7) is 7.88. The monoisotopic (exact) mass is 218 g/mol. The van der Waals surface area contributed by atoms with Crippen LogP contribution in [-0.2, 0) is 17.6 Å². The lowest BCUT2D eigenvalue weighted by Crippen LogP contribution is -2.02. The van der Waals surface area contributed by atoms with E-state index in [0.29, 0.717) is 12.3 Å². The molecule has 0 unspecified atom stereocenters. The second-order valence-electron chi connectivity index (χ2n) is 4.50. The second-order valence-corrected chi connectivity index (χ2v) is 4.50. The molecule has 1 N–H and O–H groups in total. The third-order valence-electron chi connectivity index (χ3n) is 2.39. The van der Waals surface area contributed by atoms with Crippen LogP contribution >= 0.6 is 0 Å². The number of carbonyl (C=O) groups is 1. The lowest BCUT2D eigenvalue weighted by atomic mass is 10.00. The van der Waals surface area contributed by atoms with Crippen molar-refractivity contribution in [3.8, 4) is 0 Å². The highest BCUT2D eigenvalue weighted by atomic mass is 16.4. The van der Waals surface area contributed by atoms with Crippen LogP contribution in [0.15, 0.2) is 36.4 Å². The van der Waals surface area contributed by atoms with Gasteiger partial charge in [-0.1, -0.05) is 44.7 Å². The predicted octanol–water partition coefficient (Wildman–Crippen LogP) is 3.07. The van der Waals surface area contributed by atoms with Crippen molar-refractivity contribution in [1.29, 1.82) is 0 Å². The molecule has 86 valence electrons. The molecule has 0 radical (unpaired) electrons. The van der Waals surface area contributed by atoms with Gasteiger partial charge in [-0.05, 0) is 23.5 Å². The molecule has 0 atom stereocenters. The Kier molecular flexibility index (Phi) is 4.29. The van der Waals surface area contributed by atoms with Crippen molar-refractivity contribution in [2.75, 3.05) is 0 Å². The van der Waals surface area contributed by atoms with Crippen molar-refractivity contribution in [1.82, 2.24) is 0 Å². The van der Waals surface area contributed by atoms with Crippen molar-refractivity contribution in [3.63, 3.8) is 0 Å². The van der Waals surface area contributed by atoms with Gasteiger partial charge in [0.25, 0.3) is 0 Å². The lowest BCUT2D eigenvalue weighted by Gasteiger charge is -2.06. The number of carboxylic acids is 1. The predicted molar refractivity (Wildman–Crippen MR) is 65.5 cm³/mol. The first-order chi connectivity index (χ1) is 7.49. The molecule has 0 amide bonds. The molecule has 16 heavy (non-hydrogen) atoms. The van der Waals surface area contributed by atoms with Crippen LogP contribution in [0.4, 0.5) is 0 Å². The summed E-state index contributed by atoms with van der Waals surface area (Å²) in [5.41, 5.74) is 2.52. The zero-order valence-corrected chi connectivity index (χ0v) is 9.86. The Hall–Kier alpha value is -1.57. The van der Waals surface area contributed by atoms with Crippen LogP contribution in [0.2, 0.25) is 0 Å². The van der Waals surface area contributed by atoms with Gasteiger partial charge in [0.15, 0.2) is 0 Å². The Morgan fingerprint density at radius 3 is 2.19 bits per heavy atom. The average Bonchev–Trinajstić information content (AvgIpc) is 2.20. The van der Waals surface area contributed by atoms with Crippen LogP contribution in [0.3, 0.4) is 0 Å². The van der Waals surface area contributed by atoms with E-state index in [1.807, 2.05) is 12.1 Å². The fourth-order valence-electron chi connectivity index (χ4n) is 1.59. The molecular weight excluding hydrogens is 200 g/mol. The molecule has 0 aliphatic carbocycles. The molecule has 0 spiro atoms. The van der Waals surface area contributed by atoms with Crippen molar-refractivity contribution in [2.45, 2.75) is 26.7 Å². The fourth-order valence-corrected chi connectivity index (χ4v) is 1.59. The van der Waals surface area contributed by atoms with Crippen molar-refractivity contribution >= 4 is 5.97 Å². The molecule has 0 aromatic heterocycles. The van der Waals surface area contributed by atoms with Crippen LogP contribution in [0.5, 0.6) is 0 Å². The first kappa shape index (κ1) is 12.5. The smallest absolute Gasteiger partial charge is 0.331 e. The molecule has 1 aromatic rings. The summed E-state index contributed by atoms with van der Waals surface area (Å²) in [5.74, 6) is -0.286. The molecule has 0 aliphatic rings. The molecule has 0 aliphatic heterocycles. The van der Waals surface area contributed by atoms with Crippen LogP contribution in [0.25, 0.3) is 0 Å². The maximum absolute atomic E-state index is 10.6. The summed E-state index contributed by atoms with van der Waals surface area (Å²) in [4.78, 5) is 10.6. The Morgan fingerprint density at radius 1 is 1.25 bits per heavy atom. The zero-order valence-electron chi connectivity index (χ0n) is 9.86. The van der Waals surface area contributed by atoms with Crippen molar-refractivity contribution in [3.05, 3.63) is 47.5 Å². The van der Waals surface area contributed by atoms with E-state index in [4.69, 9.17) is 5.11 Å². The minimum absolute atomic E-state index is 0.233. The van der Waals surface area contributed by atoms with Gasteiger partial charge in [0.2, 0.25) is 0 Å². The summed E-state index contributed by atoms with van der Waals surface area (Å²) in [6.07, 6.45) is 1.47. The van der Waals surface area contributed by atoms with Crippen LogP contribution in [0.1, 0.15) is 25.0 Å². The number of hydrogen-bond acceptors (Lipinski definition) is 1. The zero-order chi connectivity index (χ0) is 12.1. The Balaban J connectivity index is 2.64. The summed E-state index contributed by atoms with van der Waals surface area (Å²) >= 11 is 0. The van der Waals surface area contributed by atoms with E-state index in [-0.39, 0.29) is 5.57 Å². The van der Waals surface area contributed by atoms with E-state index in [1.54, 1.807) is 0 Å². The van der Waals surface area contributed by atoms with Crippen molar-refractivity contribution in [2.24, 2.45) is 5.92 Å². The molecule has 0 heterocycles. The van der Waals surface area contributed by atoms with Gasteiger partial charge >= 0.3 is 5.97 Å². The first-order valence-electron chi connectivity index (χ1n) is 5.48. The van der Waals surface area contributed by atoms with E-state index < -0.39 is 5.97 Å². The molecule has 0 bridgehead atoms. The highest BCUT2D eigenvalue weighted by Gasteiger charge is 2.05. The lowest BCUT2D eigenvalue weighted by molar-refractivity contribution is -0.132. The second kappa shape index (κ2) is 5.50. The largest absolute Gasteiger partial charge is 0.478 e. The summed E-state index contributed by atoms with van der Waals surface area (Å²) < 4.78 is 0. The van der Waals surface area contributed by atoms with Gasteiger partial charge in [-0.15, -0.1) is 0 Å². The highest BCUT2D eigenvalue weighted by molar-refractivity contribution is 5.86. The quantitative estimate of drug-likeness (QED) is 0.771. The molecule has 1 aromatic carbocycles. The van der Waals surface area contributed by atoms with E-state index >= 15 is 0 Å². The number of aliphatic carboxylic acids is 1. The van der Waals surface area contributed by atoms with Crippen LogP contribution in [0, 0.1) is 5.92 Å². The molecule has 0 fully saturated rings. The fraction of sp³-hybridized carbons (Fsp3) is 0.357. The first-order valence-corrected chi connectivity index (χ1v) is 5.48. The van der Waals surface area contributed by atoms with Gasteiger partial charge in [0.1, 0.15) is 0 Å². The van der Waals surface area contributed by atoms with E-state index in [1.165, 1.54) is 5.56 Å². The maximum atomic E-state index is 10.6. The maximum Gasteiger partial charge on any atom is 0.331 e. The van der Waals surface area contributed by atoms with Gasteiger partial charge in [-0.25, -0.2) is 4.79 Å². The van der Waals surface area contributed by atoms with E-state index in [0.717, 1.165) is 12.0 Å².